The van der Waals surface area contributed by atoms with Gasteiger partial charge in [-0.2, -0.15) is 13.2 Å². The minimum Gasteiger partial charge on any atom is -0.319 e. The van der Waals surface area contributed by atoms with Crippen molar-refractivity contribution in [3.05, 3.63) is 0 Å². The molecule has 0 amide bonds. The molecule has 0 rings (SSSR count). The fourth-order valence-corrected chi connectivity index (χ4v) is 2.27. The van der Waals surface area contributed by atoms with Crippen molar-refractivity contribution in [2.24, 2.45) is 0 Å². The van der Waals surface area contributed by atoms with E-state index in [0.29, 0.717) is 0 Å². The molecule has 92 valence electrons. The van der Waals surface area contributed by atoms with E-state index in [-0.39, 0.29) is 36.4 Å². The summed E-state index contributed by atoms with van der Waals surface area (Å²) in [7, 11) is -1.86. The molecule has 0 heterocycles. The first kappa shape index (κ1) is 15.0. The topological polar surface area (TPSA) is 58.2 Å². The first-order valence-electron chi connectivity index (χ1n) is 4.09. The zero-order valence-corrected chi connectivity index (χ0v) is 9.73. The van der Waals surface area contributed by atoms with Crippen LogP contribution in [0.3, 0.4) is 0 Å². The van der Waals surface area contributed by atoms with Crippen molar-refractivity contribution in [1.29, 1.82) is 0 Å². The van der Waals surface area contributed by atoms with Crippen LogP contribution >= 0.6 is 11.8 Å². The Hall–Kier alpha value is 0.01000. The van der Waals surface area contributed by atoms with Crippen molar-refractivity contribution in [3.63, 3.8) is 0 Å². The van der Waals surface area contributed by atoms with E-state index in [2.05, 4.69) is 10.0 Å². The van der Waals surface area contributed by atoms with Crippen LogP contribution in [0.5, 0.6) is 0 Å². The largest absolute Gasteiger partial charge is 0.441 e. The molecule has 4 nitrogen and oxygen atoms in total. The van der Waals surface area contributed by atoms with Crippen molar-refractivity contribution in [1.82, 2.24) is 10.0 Å². The minimum atomic E-state index is -4.31. The molecule has 0 saturated carbocycles. The summed E-state index contributed by atoms with van der Waals surface area (Å²) in [6.45, 7) is 0.0535. The molecule has 9 heteroatoms. The lowest BCUT2D eigenvalue weighted by atomic mass is 10.8. The van der Waals surface area contributed by atoms with Gasteiger partial charge in [-0.15, -0.1) is 0 Å². The van der Waals surface area contributed by atoms with E-state index >= 15 is 0 Å². The molecule has 0 atom stereocenters. The minimum absolute atomic E-state index is 0.139. The van der Waals surface area contributed by atoms with Crippen LogP contribution in [0.4, 0.5) is 13.2 Å². The van der Waals surface area contributed by atoms with Gasteiger partial charge in [0.1, 0.15) is 0 Å². The molecule has 0 saturated heterocycles. The first-order valence-corrected chi connectivity index (χ1v) is 6.73. The number of alkyl halides is 3. The van der Waals surface area contributed by atoms with E-state index in [1.54, 1.807) is 7.05 Å². The summed E-state index contributed by atoms with van der Waals surface area (Å²) in [6.07, 6.45) is 0. The second kappa shape index (κ2) is 6.56. The van der Waals surface area contributed by atoms with Gasteiger partial charge in [-0.05, 0) is 18.8 Å². The Morgan fingerprint density at radius 2 is 1.87 bits per heavy atom. The lowest BCUT2D eigenvalue weighted by molar-refractivity contribution is -0.0327. The molecule has 0 radical (unpaired) electrons. The van der Waals surface area contributed by atoms with Gasteiger partial charge in [-0.3, -0.25) is 0 Å². The van der Waals surface area contributed by atoms with Crippen molar-refractivity contribution in [2.75, 3.05) is 31.6 Å². The standard InChI is InChI=1S/C6H13F3N2O2S2/c1-10-3-5-15(12,13)11-2-4-14-6(7,8)9/h10-11H,2-5H2,1H3. The van der Waals surface area contributed by atoms with Gasteiger partial charge in [0, 0.05) is 18.8 Å². The number of thioether (sulfide) groups is 1. The predicted molar refractivity (Wildman–Crippen MR) is 54.2 cm³/mol. The second-order valence-corrected chi connectivity index (χ2v) is 5.70. The molecule has 0 aromatic carbocycles. The first-order chi connectivity index (χ1) is 6.77. The van der Waals surface area contributed by atoms with Gasteiger partial charge < -0.3 is 5.32 Å². The molecule has 15 heavy (non-hydrogen) atoms. The van der Waals surface area contributed by atoms with Gasteiger partial charge in [-0.25, -0.2) is 13.1 Å². The van der Waals surface area contributed by atoms with E-state index in [1.807, 2.05) is 0 Å². The van der Waals surface area contributed by atoms with Gasteiger partial charge in [0.05, 0.1) is 5.75 Å². The third kappa shape index (κ3) is 10.3. The number of nitrogens with one attached hydrogen (secondary N) is 2. The SMILES string of the molecule is CNCCS(=O)(=O)NCCSC(F)(F)F. The number of sulfonamides is 1. The maximum atomic E-state index is 11.7. The molecule has 0 aliphatic heterocycles. The molecule has 0 aliphatic carbocycles. The highest BCUT2D eigenvalue weighted by Crippen LogP contribution is 2.29. The Labute approximate surface area is 91.0 Å². The van der Waals surface area contributed by atoms with Crippen LogP contribution in [-0.4, -0.2) is 45.6 Å². The molecule has 0 aromatic rings. The van der Waals surface area contributed by atoms with Crippen LogP contribution in [0.1, 0.15) is 0 Å². The van der Waals surface area contributed by atoms with E-state index in [1.165, 1.54) is 0 Å². The maximum absolute atomic E-state index is 11.7. The Morgan fingerprint density at radius 1 is 1.27 bits per heavy atom. The average molecular weight is 266 g/mol. The van der Waals surface area contributed by atoms with Crippen LogP contribution in [0.2, 0.25) is 0 Å². The highest BCUT2D eigenvalue weighted by Gasteiger charge is 2.27. The van der Waals surface area contributed by atoms with Gasteiger partial charge in [0.2, 0.25) is 10.0 Å². The quantitative estimate of drug-likeness (QED) is 0.654. The number of rotatable bonds is 7. The zero-order valence-electron chi connectivity index (χ0n) is 8.10. The van der Waals surface area contributed by atoms with Gasteiger partial charge in [0.15, 0.2) is 0 Å². The van der Waals surface area contributed by atoms with E-state index in [0.717, 1.165) is 0 Å². The number of hydrogen-bond donors (Lipinski definition) is 2. The molecule has 0 aromatic heterocycles. The molecule has 0 aliphatic rings. The highest BCUT2D eigenvalue weighted by molar-refractivity contribution is 8.00. The number of hydrogen-bond acceptors (Lipinski definition) is 4. The third-order valence-electron chi connectivity index (χ3n) is 1.31. The second-order valence-electron chi connectivity index (χ2n) is 2.61. The summed E-state index contributed by atoms with van der Waals surface area (Å²) in [5, 5.41) is 2.63. The molecule has 0 fully saturated rings. The summed E-state index contributed by atoms with van der Waals surface area (Å²) >= 11 is -0.244. The van der Waals surface area contributed by atoms with Crippen molar-refractivity contribution in [2.45, 2.75) is 5.51 Å². The third-order valence-corrected chi connectivity index (χ3v) is 3.43. The molecule has 0 spiro atoms. The van der Waals surface area contributed by atoms with Crippen molar-refractivity contribution < 1.29 is 21.6 Å². The van der Waals surface area contributed by atoms with Gasteiger partial charge >= 0.3 is 5.51 Å². The van der Waals surface area contributed by atoms with Crippen molar-refractivity contribution in [3.8, 4) is 0 Å². The zero-order chi connectivity index (χ0) is 11.9. The summed E-state index contributed by atoms with van der Waals surface area (Å²) in [5.41, 5.74) is -4.31. The Morgan fingerprint density at radius 3 is 2.33 bits per heavy atom. The monoisotopic (exact) mass is 266 g/mol. The predicted octanol–water partition coefficient (Wildman–Crippen LogP) is 0.378. The van der Waals surface area contributed by atoms with Gasteiger partial charge in [-0.1, -0.05) is 0 Å². The normalized spacial score (nSPS) is 13.1. The lowest BCUT2D eigenvalue weighted by Crippen LogP contribution is -2.32. The van der Waals surface area contributed by atoms with Crippen molar-refractivity contribution >= 4 is 21.8 Å². The average Bonchev–Trinajstić information content (AvgIpc) is 2.08. The molecule has 0 bridgehead atoms. The summed E-state index contributed by atoms with van der Waals surface area (Å²) in [4.78, 5) is 0. The van der Waals surface area contributed by atoms with Crippen LogP contribution in [-0.2, 0) is 10.0 Å². The summed E-state index contributed by atoms with van der Waals surface area (Å²) in [6, 6.07) is 0. The fraction of sp³-hybridized carbons (Fsp3) is 1.00. The van der Waals surface area contributed by atoms with E-state index in [9.17, 15) is 21.6 Å². The van der Waals surface area contributed by atoms with Crippen LogP contribution < -0.4 is 10.0 Å². The summed E-state index contributed by atoms with van der Waals surface area (Å²) in [5.74, 6) is -0.456. The lowest BCUT2D eigenvalue weighted by Gasteiger charge is -2.07. The molecular formula is C6H13F3N2O2S2. The highest BCUT2D eigenvalue weighted by atomic mass is 32.2. The van der Waals surface area contributed by atoms with Crippen LogP contribution in [0.25, 0.3) is 0 Å². The summed E-state index contributed by atoms with van der Waals surface area (Å²) < 4.78 is 59.2. The Bertz CT molecular complexity index is 266. The van der Waals surface area contributed by atoms with E-state index in [4.69, 9.17) is 0 Å². The maximum Gasteiger partial charge on any atom is 0.441 e. The molecule has 2 N–H and O–H groups in total. The molecule has 0 unspecified atom stereocenters. The van der Waals surface area contributed by atoms with E-state index < -0.39 is 15.5 Å². The fourth-order valence-electron chi connectivity index (χ4n) is 0.673. The Kier molecular flexibility index (Phi) is 6.57. The van der Waals surface area contributed by atoms with Gasteiger partial charge in [0.25, 0.3) is 0 Å². The Balaban J connectivity index is 3.67. The van der Waals surface area contributed by atoms with Crippen LogP contribution in [0, 0.1) is 0 Å². The smallest absolute Gasteiger partial charge is 0.319 e. The molecular weight excluding hydrogens is 253 g/mol. The number of halogens is 3. The van der Waals surface area contributed by atoms with Crippen LogP contribution in [0.15, 0.2) is 0 Å².